The van der Waals surface area contributed by atoms with Crippen LogP contribution in [0.25, 0.3) is 0 Å². The van der Waals surface area contributed by atoms with Crippen molar-refractivity contribution in [3.8, 4) is 0 Å². The third kappa shape index (κ3) is 6.42. The Morgan fingerprint density at radius 2 is 1.94 bits per heavy atom. The van der Waals surface area contributed by atoms with Gasteiger partial charge in [0, 0.05) is 12.6 Å². The van der Waals surface area contributed by atoms with Gasteiger partial charge in [-0.25, -0.2) is 0 Å². The van der Waals surface area contributed by atoms with E-state index in [4.69, 9.17) is 0 Å². The van der Waals surface area contributed by atoms with Crippen LogP contribution in [0.5, 0.6) is 0 Å². The molecular weight excluding hydrogens is 208 g/mol. The molecule has 1 atom stereocenters. The monoisotopic (exact) mass is 240 g/mol. The molecule has 0 radical (unpaired) electrons. The van der Waals surface area contributed by atoms with Crippen LogP contribution in [0.4, 0.5) is 0 Å². The van der Waals surface area contributed by atoms with Crippen LogP contribution < -0.4 is 5.32 Å². The number of nitrogens with zero attached hydrogens (tertiary/aromatic N) is 1. The smallest absolute Gasteiger partial charge is 0.00644 e. The average molecular weight is 240 g/mol. The van der Waals surface area contributed by atoms with Gasteiger partial charge in [0.2, 0.25) is 0 Å². The molecule has 0 spiro atoms. The number of hydrogen-bond donors (Lipinski definition) is 1. The number of nitrogens with one attached hydrogen (secondary N) is 1. The van der Waals surface area contributed by atoms with Crippen LogP contribution in [0.2, 0.25) is 0 Å². The summed E-state index contributed by atoms with van der Waals surface area (Å²) in [5.41, 5.74) is 0. The highest BCUT2D eigenvalue weighted by atomic mass is 15.1. The highest BCUT2D eigenvalue weighted by Gasteiger charge is 2.20. The molecule has 0 aromatic carbocycles. The van der Waals surface area contributed by atoms with Crippen LogP contribution >= 0.6 is 0 Å². The molecule has 0 amide bonds. The van der Waals surface area contributed by atoms with Gasteiger partial charge in [0.25, 0.3) is 0 Å². The molecule has 0 aliphatic heterocycles. The Morgan fingerprint density at radius 1 is 1.24 bits per heavy atom. The molecule has 2 heteroatoms. The van der Waals surface area contributed by atoms with Gasteiger partial charge in [-0.05, 0) is 64.6 Å². The summed E-state index contributed by atoms with van der Waals surface area (Å²) in [5, 5.41) is 3.52. The van der Waals surface area contributed by atoms with Crippen LogP contribution in [-0.2, 0) is 0 Å². The van der Waals surface area contributed by atoms with E-state index in [9.17, 15) is 0 Å². The molecule has 1 unspecified atom stereocenters. The molecule has 0 heterocycles. The van der Waals surface area contributed by atoms with Crippen molar-refractivity contribution >= 4 is 0 Å². The van der Waals surface area contributed by atoms with Crippen LogP contribution in [0.15, 0.2) is 0 Å². The molecule has 1 saturated carbocycles. The van der Waals surface area contributed by atoms with Gasteiger partial charge >= 0.3 is 0 Å². The van der Waals surface area contributed by atoms with E-state index in [1.165, 1.54) is 45.2 Å². The lowest BCUT2D eigenvalue weighted by Crippen LogP contribution is -2.36. The minimum atomic E-state index is 0.747. The van der Waals surface area contributed by atoms with E-state index < -0.39 is 0 Å². The number of hydrogen-bond acceptors (Lipinski definition) is 2. The molecule has 1 fully saturated rings. The van der Waals surface area contributed by atoms with Gasteiger partial charge in [0.1, 0.15) is 0 Å². The van der Waals surface area contributed by atoms with Crippen LogP contribution in [0, 0.1) is 11.8 Å². The first-order valence-electron chi connectivity index (χ1n) is 7.50. The van der Waals surface area contributed by atoms with Crippen molar-refractivity contribution < 1.29 is 0 Å². The summed E-state index contributed by atoms with van der Waals surface area (Å²) in [6, 6.07) is 0.747. The molecule has 1 aliphatic carbocycles. The fourth-order valence-electron chi connectivity index (χ4n) is 2.40. The first-order chi connectivity index (χ1) is 8.09. The van der Waals surface area contributed by atoms with Crippen molar-refractivity contribution in [1.29, 1.82) is 0 Å². The predicted octanol–water partition coefficient (Wildman–Crippen LogP) is 3.13. The summed E-state index contributed by atoms with van der Waals surface area (Å²) in [4.78, 5) is 2.56. The maximum absolute atomic E-state index is 3.52. The fourth-order valence-corrected chi connectivity index (χ4v) is 2.40. The Balaban J connectivity index is 1.97. The lowest BCUT2D eigenvalue weighted by atomic mass is 9.85. The minimum Gasteiger partial charge on any atom is -0.316 e. The Bertz CT molecular complexity index is 187. The van der Waals surface area contributed by atoms with Gasteiger partial charge in [0.05, 0.1) is 0 Å². The van der Waals surface area contributed by atoms with Gasteiger partial charge < -0.3 is 10.2 Å². The fraction of sp³-hybridized carbons (Fsp3) is 1.00. The first-order valence-corrected chi connectivity index (χ1v) is 7.50. The summed E-state index contributed by atoms with van der Waals surface area (Å²) < 4.78 is 0. The van der Waals surface area contributed by atoms with Crippen molar-refractivity contribution in [2.45, 2.75) is 58.9 Å². The highest BCUT2D eigenvalue weighted by molar-refractivity contribution is 4.75. The largest absolute Gasteiger partial charge is 0.316 e. The summed E-state index contributed by atoms with van der Waals surface area (Å²) >= 11 is 0. The molecule has 17 heavy (non-hydrogen) atoms. The Morgan fingerprint density at radius 3 is 2.47 bits per heavy atom. The maximum atomic E-state index is 3.52. The van der Waals surface area contributed by atoms with Crippen LogP contribution in [0.1, 0.15) is 52.9 Å². The summed E-state index contributed by atoms with van der Waals surface area (Å²) in [6.07, 6.45) is 7.03. The zero-order valence-corrected chi connectivity index (χ0v) is 12.3. The van der Waals surface area contributed by atoms with Crippen molar-refractivity contribution in [3.05, 3.63) is 0 Å². The SMILES string of the molecule is CC(C)CNCCCC(C)N(C)CC1CCC1. The normalized spacial score (nSPS) is 18.7. The van der Waals surface area contributed by atoms with E-state index in [1.807, 2.05) is 0 Å². The Hall–Kier alpha value is -0.0800. The quantitative estimate of drug-likeness (QED) is 0.623. The summed E-state index contributed by atoms with van der Waals surface area (Å²) in [6.45, 7) is 10.6. The molecule has 0 aromatic rings. The molecule has 1 aliphatic rings. The van der Waals surface area contributed by atoms with E-state index in [1.54, 1.807) is 0 Å². The van der Waals surface area contributed by atoms with E-state index in [0.29, 0.717) is 0 Å². The molecule has 0 aromatic heterocycles. The van der Waals surface area contributed by atoms with Gasteiger partial charge in [-0.2, -0.15) is 0 Å². The maximum Gasteiger partial charge on any atom is 0.00644 e. The zero-order valence-electron chi connectivity index (χ0n) is 12.3. The number of rotatable bonds is 9. The molecule has 0 bridgehead atoms. The van der Waals surface area contributed by atoms with E-state index in [-0.39, 0.29) is 0 Å². The van der Waals surface area contributed by atoms with Crippen molar-refractivity contribution in [3.63, 3.8) is 0 Å². The molecule has 1 N–H and O–H groups in total. The van der Waals surface area contributed by atoms with E-state index >= 15 is 0 Å². The summed E-state index contributed by atoms with van der Waals surface area (Å²) in [5.74, 6) is 1.77. The predicted molar refractivity (Wildman–Crippen MR) is 76.4 cm³/mol. The van der Waals surface area contributed by atoms with Crippen molar-refractivity contribution in [1.82, 2.24) is 10.2 Å². The van der Waals surface area contributed by atoms with Crippen molar-refractivity contribution in [2.75, 3.05) is 26.7 Å². The average Bonchev–Trinajstić information content (AvgIpc) is 2.21. The first kappa shape index (κ1) is 15.0. The molecule has 102 valence electrons. The standard InChI is InChI=1S/C15H32N2/c1-13(2)11-16-10-6-7-14(3)17(4)12-15-8-5-9-15/h13-16H,5-12H2,1-4H3. The Kier molecular flexibility index (Phi) is 7.14. The molecule has 0 saturated heterocycles. The second-order valence-corrected chi connectivity index (χ2v) is 6.33. The third-order valence-corrected chi connectivity index (χ3v) is 4.05. The Labute approximate surface area is 108 Å². The van der Waals surface area contributed by atoms with Gasteiger partial charge in [-0.15, -0.1) is 0 Å². The van der Waals surface area contributed by atoms with Crippen molar-refractivity contribution in [2.24, 2.45) is 11.8 Å². The second-order valence-electron chi connectivity index (χ2n) is 6.33. The highest BCUT2D eigenvalue weighted by Crippen LogP contribution is 2.27. The summed E-state index contributed by atoms with van der Waals surface area (Å²) in [7, 11) is 2.30. The molecular formula is C15H32N2. The van der Waals surface area contributed by atoms with Crippen LogP contribution in [-0.4, -0.2) is 37.6 Å². The second kappa shape index (κ2) is 8.10. The molecule has 2 nitrogen and oxygen atoms in total. The molecule has 1 rings (SSSR count). The lowest BCUT2D eigenvalue weighted by Gasteiger charge is -2.33. The van der Waals surface area contributed by atoms with Gasteiger partial charge in [-0.3, -0.25) is 0 Å². The zero-order chi connectivity index (χ0) is 12.7. The topological polar surface area (TPSA) is 15.3 Å². The van der Waals surface area contributed by atoms with E-state index in [0.717, 1.165) is 24.4 Å². The van der Waals surface area contributed by atoms with Gasteiger partial charge in [-0.1, -0.05) is 20.3 Å². The van der Waals surface area contributed by atoms with E-state index in [2.05, 4.69) is 38.0 Å². The van der Waals surface area contributed by atoms with Crippen LogP contribution in [0.3, 0.4) is 0 Å². The third-order valence-electron chi connectivity index (χ3n) is 4.05. The minimum absolute atomic E-state index is 0.747. The lowest BCUT2D eigenvalue weighted by molar-refractivity contribution is 0.163. The van der Waals surface area contributed by atoms with Gasteiger partial charge in [0.15, 0.2) is 0 Å².